The molecule has 0 saturated carbocycles. The number of halogens is 2. The van der Waals surface area contributed by atoms with E-state index in [2.05, 4.69) is 10.3 Å². The normalized spacial score (nSPS) is 11.9. The lowest BCUT2D eigenvalue weighted by Crippen LogP contribution is -2.13. The lowest BCUT2D eigenvalue weighted by molar-refractivity contribution is 0.584. The molecule has 1 unspecified atom stereocenters. The molecule has 3 nitrogen and oxygen atoms in total. The van der Waals surface area contributed by atoms with Gasteiger partial charge in [0.2, 0.25) is 0 Å². The second-order valence-electron chi connectivity index (χ2n) is 4.33. The van der Waals surface area contributed by atoms with Gasteiger partial charge in [0.25, 0.3) is 0 Å². The Labute approximate surface area is 120 Å². The molecule has 1 heterocycles. The quantitative estimate of drug-likeness (QED) is 0.850. The van der Waals surface area contributed by atoms with Gasteiger partial charge in [0.1, 0.15) is 22.3 Å². The molecule has 0 fully saturated rings. The van der Waals surface area contributed by atoms with Crippen molar-refractivity contribution in [3.05, 3.63) is 59.4 Å². The predicted octanol–water partition coefficient (Wildman–Crippen LogP) is 3.17. The van der Waals surface area contributed by atoms with E-state index in [0.717, 1.165) is 17.7 Å². The maximum Gasteiger partial charge on any atom is 0.150 e. The van der Waals surface area contributed by atoms with Crippen LogP contribution in [0.1, 0.15) is 24.1 Å². The highest BCUT2D eigenvalue weighted by molar-refractivity contribution is 7.80. The second kappa shape index (κ2) is 5.92. The van der Waals surface area contributed by atoms with Gasteiger partial charge in [-0.25, -0.2) is 8.78 Å². The minimum Gasteiger partial charge on any atom is -0.389 e. The number of benzene rings is 1. The smallest absolute Gasteiger partial charge is 0.150 e. The highest BCUT2D eigenvalue weighted by Gasteiger charge is 2.15. The number of hydrogen-bond acceptors (Lipinski definition) is 3. The van der Waals surface area contributed by atoms with Crippen molar-refractivity contribution >= 4 is 22.9 Å². The zero-order valence-electron chi connectivity index (χ0n) is 10.7. The number of hydrogen-bond donors (Lipinski definition) is 2. The minimum atomic E-state index is -0.728. The standard InChI is InChI=1S/C14H13F2N3S/c1-8(9-2-4-18-5-3-9)19-13-11(15)6-10(14(17)20)7-12(13)16/h2-8,19H,1H3,(H2,17,20). The third-order valence-electron chi connectivity index (χ3n) is 2.89. The van der Waals surface area contributed by atoms with E-state index in [0.29, 0.717) is 0 Å². The van der Waals surface area contributed by atoms with Gasteiger partial charge in [-0.1, -0.05) is 12.2 Å². The van der Waals surface area contributed by atoms with Crippen LogP contribution < -0.4 is 11.1 Å². The van der Waals surface area contributed by atoms with Crippen LogP contribution in [-0.2, 0) is 0 Å². The van der Waals surface area contributed by atoms with Crippen LogP contribution in [0.4, 0.5) is 14.5 Å². The summed E-state index contributed by atoms with van der Waals surface area (Å²) in [5.74, 6) is -1.46. The minimum absolute atomic E-state index is 0.0449. The summed E-state index contributed by atoms with van der Waals surface area (Å²) in [4.78, 5) is 3.85. The summed E-state index contributed by atoms with van der Waals surface area (Å²) in [5, 5.41) is 2.80. The Kier molecular flexibility index (Phi) is 4.24. The molecular weight excluding hydrogens is 280 g/mol. The van der Waals surface area contributed by atoms with E-state index in [1.165, 1.54) is 0 Å². The lowest BCUT2D eigenvalue weighted by Gasteiger charge is -2.17. The van der Waals surface area contributed by atoms with Gasteiger partial charge >= 0.3 is 0 Å². The highest BCUT2D eigenvalue weighted by atomic mass is 32.1. The SMILES string of the molecule is CC(Nc1c(F)cc(C(N)=S)cc1F)c1ccncc1. The van der Waals surface area contributed by atoms with Crippen LogP contribution in [-0.4, -0.2) is 9.97 Å². The Morgan fingerprint density at radius 2 is 1.80 bits per heavy atom. The first kappa shape index (κ1) is 14.3. The fraction of sp³-hybridized carbons (Fsp3) is 0.143. The van der Waals surface area contributed by atoms with E-state index in [1.54, 1.807) is 31.5 Å². The fourth-order valence-corrected chi connectivity index (χ4v) is 1.92. The molecule has 1 aromatic heterocycles. The Hall–Kier alpha value is -2.08. The molecule has 1 aromatic carbocycles. The van der Waals surface area contributed by atoms with E-state index in [1.807, 2.05) is 0 Å². The molecule has 0 aliphatic rings. The first-order valence-electron chi connectivity index (χ1n) is 5.94. The third kappa shape index (κ3) is 3.08. The molecule has 0 spiro atoms. The molecular formula is C14H13F2N3S. The summed E-state index contributed by atoms with van der Waals surface area (Å²) in [6.45, 7) is 1.80. The molecule has 104 valence electrons. The summed E-state index contributed by atoms with van der Waals surface area (Å²) in [6, 6.07) is 5.52. The highest BCUT2D eigenvalue weighted by Crippen LogP contribution is 2.25. The lowest BCUT2D eigenvalue weighted by atomic mass is 10.1. The maximum absolute atomic E-state index is 13.9. The van der Waals surface area contributed by atoms with E-state index in [-0.39, 0.29) is 22.3 Å². The molecule has 0 saturated heterocycles. The number of anilines is 1. The predicted molar refractivity (Wildman–Crippen MR) is 78.5 cm³/mol. The largest absolute Gasteiger partial charge is 0.389 e. The van der Waals surface area contributed by atoms with Gasteiger partial charge in [-0.05, 0) is 36.8 Å². The van der Waals surface area contributed by atoms with Gasteiger partial charge in [-0.2, -0.15) is 0 Å². The Bertz CT molecular complexity index is 609. The van der Waals surface area contributed by atoms with Crippen LogP contribution in [0, 0.1) is 11.6 Å². The average molecular weight is 293 g/mol. The summed E-state index contributed by atoms with van der Waals surface area (Å²) in [5.41, 5.74) is 6.20. The number of thiocarbonyl (C=S) groups is 1. The Balaban J connectivity index is 2.28. The first-order chi connectivity index (χ1) is 9.49. The van der Waals surface area contributed by atoms with Crippen molar-refractivity contribution in [2.75, 3.05) is 5.32 Å². The van der Waals surface area contributed by atoms with Gasteiger partial charge in [0, 0.05) is 24.0 Å². The molecule has 0 amide bonds. The van der Waals surface area contributed by atoms with Crippen molar-refractivity contribution in [1.82, 2.24) is 4.98 Å². The summed E-state index contributed by atoms with van der Waals surface area (Å²) < 4.78 is 27.8. The molecule has 2 aromatic rings. The van der Waals surface area contributed by atoms with Crippen LogP contribution >= 0.6 is 12.2 Å². The number of pyridine rings is 1. The molecule has 6 heteroatoms. The van der Waals surface area contributed by atoms with Gasteiger partial charge in [-0.3, -0.25) is 4.98 Å². The van der Waals surface area contributed by atoms with Gasteiger partial charge in [0.15, 0.2) is 0 Å². The number of nitrogens with one attached hydrogen (secondary N) is 1. The van der Waals surface area contributed by atoms with Crippen LogP contribution in [0.5, 0.6) is 0 Å². The van der Waals surface area contributed by atoms with Crippen molar-refractivity contribution in [2.45, 2.75) is 13.0 Å². The van der Waals surface area contributed by atoms with Crippen LogP contribution in [0.2, 0.25) is 0 Å². The summed E-state index contributed by atoms with van der Waals surface area (Å²) in [7, 11) is 0. The monoisotopic (exact) mass is 293 g/mol. The fourth-order valence-electron chi connectivity index (χ4n) is 1.81. The van der Waals surface area contributed by atoms with Gasteiger partial charge in [-0.15, -0.1) is 0 Å². The van der Waals surface area contributed by atoms with Crippen molar-refractivity contribution in [3.63, 3.8) is 0 Å². The van der Waals surface area contributed by atoms with E-state index in [4.69, 9.17) is 18.0 Å². The number of nitrogens with zero attached hydrogens (tertiary/aromatic N) is 1. The molecule has 0 aliphatic heterocycles. The van der Waals surface area contributed by atoms with E-state index in [9.17, 15) is 8.78 Å². The van der Waals surface area contributed by atoms with E-state index < -0.39 is 11.6 Å². The molecule has 3 N–H and O–H groups in total. The van der Waals surface area contributed by atoms with Gasteiger partial charge in [0.05, 0.1) is 0 Å². The van der Waals surface area contributed by atoms with Crippen LogP contribution in [0.25, 0.3) is 0 Å². The van der Waals surface area contributed by atoms with Crippen LogP contribution in [0.3, 0.4) is 0 Å². The topological polar surface area (TPSA) is 50.9 Å². The van der Waals surface area contributed by atoms with Gasteiger partial charge < -0.3 is 11.1 Å². The third-order valence-corrected chi connectivity index (χ3v) is 3.13. The first-order valence-corrected chi connectivity index (χ1v) is 6.35. The van der Waals surface area contributed by atoms with Crippen LogP contribution in [0.15, 0.2) is 36.7 Å². The molecule has 0 radical (unpaired) electrons. The number of aromatic nitrogens is 1. The molecule has 0 bridgehead atoms. The van der Waals surface area contributed by atoms with Crippen molar-refractivity contribution in [2.24, 2.45) is 5.73 Å². The molecule has 0 aliphatic carbocycles. The van der Waals surface area contributed by atoms with Crippen molar-refractivity contribution in [3.8, 4) is 0 Å². The molecule has 20 heavy (non-hydrogen) atoms. The zero-order chi connectivity index (χ0) is 14.7. The average Bonchev–Trinajstić information content (AvgIpc) is 2.43. The van der Waals surface area contributed by atoms with E-state index >= 15 is 0 Å². The zero-order valence-corrected chi connectivity index (χ0v) is 11.5. The molecule has 2 rings (SSSR count). The second-order valence-corrected chi connectivity index (χ2v) is 4.77. The Morgan fingerprint density at radius 3 is 2.30 bits per heavy atom. The number of rotatable bonds is 4. The number of nitrogens with two attached hydrogens (primary N) is 1. The van der Waals surface area contributed by atoms with Crippen molar-refractivity contribution in [1.29, 1.82) is 0 Å². The van der Waals surface area contributed by atoms with Crippen molar-refractivity contribution < 1.29 is 8.78 Å². The maximum atomic E-state index is 13.9. The Morgan fingerprint density at radius 1 is 1.25 bits per heavy atom. The molecule has 1 atom stereocenters. The summed E-state index contributed by atoms with van der Waals surface area (Å²) in [6.07, 6.45) is 3.24. The summed E-state index contributed by atoms with van der Waals surface area (Å²) >= 11 is 4.71.